The number of nitrogens with two attached hydrogens (primary N) is 1. The molecule has 6 nitrogen and oxygen atoms in total. The highest BCUT2D eigenvalue weighted by atomic mass is 32.1. The monoisotopic (exact) mass is 291 g/mol. The van der Waals surface area contributed by atoms with Crippen molar-refractivity contribution in [2.24, 2.45) is 0 Å². The van der Waals surface area contributed by atoms with Crippen molar-refractivity contribution in [2.75, 3.05) is 29.5 Å². The van der Waals surface area contributed by atoms with Gasteiger partial charge >= 0.3 is 0 Å². The maximum Gasteiger partial charge on any atom is 0.269 e. The lowest BCUT2D eigenvalue weighted by atomic mass is 10.3. The van der Waals surface area contributed by atoms with Crippen molar-refractivity contribution >= 4 is 33.9 Å². The van der Waals surface area contributed by atoms with Crippen LogP contribution in [-0.2, 0) is 0 Å². The van der Waals surface area contributed by atoms with Crippen molar-refractivity contribution in [1.82, 2.24) is 9.97 Å². The number of rotatable bonds is 4. The van der Waals surface area contributed by atoms with Gasteiger partial charge in [-0.25, -0.2) is 4.98 Å². The van der Waals surface area contributed by atoms with Crippen molar-refractivity contribution in [3.05, 3.63) is 28.9 Å². The van der Waals surface area contributed by atoms with Crippen LogP contribution in [0.25, 0.3) is 0 Å². The lowest BCUT2D eigenvalue weighted by molar-refractivity contribution is 0.103. The van der Waals surface area contributed by atoms with E-state index in [1.54, 1.807) is 12.3 Å². The van der Waals surface area contributed by atoms with Gasteiger partial charge in [0.05, 0.1) is 11.9 Å². The summed E-state index contributed by atoms with van der Waals surface area (Å²) in [5.74, 6) is -0.00993. The Morgan fingerprint density at radius 2 is 2.25 bits per heavy atom. The van der Waals surface area contributed by atoms with Crippen molar-refractivity contribution in [3.8, 4) is 0 Å². The number of anilines is 3. The SMILES string of the molecule is CCN(C)c1nc(N)c(C(=O)Nc2ccc(C)nc2)s1. The number of nitrogens with one attached hydrogen (secondary N) is 1. The number of carbonyl (C=O) groups is 1. The molecular weight excluding hydrogens is 274 g/mol. The molecule has 0 saturated carbocycles. The fraction of sp³-hybridized carbons (Fsp3) is 0.308. The molecule has 0 unspecified atom stereocenters. The van der Waals surface area contributed by atoms with Crippen molar-refractivity contribution in [1.29, 1.82) is 0 Å². The van der Waals surface area contributed by atoms with Crippen LogP contribution in [0.1, 0.15) is 22.3 Å². The molecule has 0 aliphatic carbocycles. The highest BCUT2D eigenvalue weighted by molar-refractivity contribution is 7.18. The number of aryl methyl sites for hydroxylation is 1. The molecule has 2 aromatic rings. The molecule has 2 rings (SSSR count). The Bertz CT molecular complexity index is 608. The molecule has 20 heavy (non-hydrogen) atoms. The van der Waals surface area contributed by atoms with Gasteiger partial charge in [0.1, 0.15) is 10.7 Å². The topological polar surface area (TPSA) is 84.1 Å². The number of aromatic nitrogens is 2. The van der Waals surface area contributed by atoms with Crippen LogP contribution in [0.4, 0.5) is 16.6 Å². The van der Waals surface area contributed by atoms with E-state index in [-0.39, 0.29) is 11.7 Å². The first kappa shape index (κ1) is 14.3. The van der Waals surface area contributed by atoms with Gasteiger partial charge in [-0.1, -0.05) is 11.3 Å². The maximum absolute atomic E-state index is 12.2. The first-order valence-corrected chi connectivity index (χ1v) is 7.04. The van der Waals surface area contributed by atoms with Crippen LogP contribution >= 0.6 is 11.3 Å². The highest BCUT2D eigenvalue weighted by Crippen LogP contribution is 2.28. The van der Waals surface area contributed by atoms with Gasteiger partial charge in [-0.15, -0.1) is 0 Å². The van der Waals surface area contributed by atoms with Gasteiger partial charge in [0.15, 0.2) is 5.13 Å². The fourth-order valence-electron chi connectivity index (χ4n) is 1.51. The number of thiazole rings is 1. The Labute approximate surface area is 121 Å². The largest absolute Gasteiger partial charge is 0.382 e. The number of pyridine rings is 1. The van der Waals surface area contributed by atoms with E-state index in [1.807, 2.05) is 31.9 Å². The molecule has 1 amide bonds. The maximum atomic E-state index is 12.2. The van der Waals surface area contributed by atoms with Crippen LogP contribution < -0.4 is 16.0 Å². The second-order valence-corrected chi connectivity index (χ2v) is 5.34. The van der Waals surface area contributed by atoms with Crippen LogP contribution in [0.15, 0.2) is 18.3 Å². The van der Waals surface area contributed by atoms with Crippen molar-refractivity contribution in [3.63, 3.8) is 0 Å². The third-order valence-corrected chi connectivity index (χ3v) is 4.00. The molecule has 0 spiro atoms. The number of nitrogen functional groups attached to an aromatic ring is 1. The Balaban J connectivity index is 2.17. The Morgan fingerprint density at radius 1 is 1.50 bits per heavy atom. The molecule has 0 aliphatic rings. The lowest BCUT2D eigenvalue weighted by Crippen LogP contribution is -2.15. The second kappa shape index (κ2) is 5.87. The van der Waals surface area contributed by atoms with E-state index in [2.05, 4.69) is 15.3 Å². The molecular formula is C13H17N5OS. The minimum absolute atomic E-state index is 0.253. The highest BCUT2D eigenvalue weighted by Gasteiger charge is 2.17. The molecule has 2 heterocycles. The molecule has 0 saturated heterocycles. The molecule has 0 bridgehead atoms. The van der Waals surface area contributed by atoms with E-state index >= 15 is 0 Å². The van der Waals surface area contributed by atoms with E-state index in [9.17, 15) is 4.79 Å². The van der Waals surface area contributed by atoms with Crippen LogP contribution in [0.2, 0.25) is 0 Å². The first-order valence-electron chi connectivity index (χ1n) is 6.22. The summed E-state index contributed by atoms with van der Waals surface area (Å²) in [6, 6.07) is 3.64. The average molecular weight is 291 g/mol. The summed E-state index contributed by atoms with van der Waals surface area (Å²) in [6.45, 7) is 4.70. The fourth-order valence-corrected chi connectivity index (χ4v) is 2.42. The molecule has 0 radical (unpaired) electrons. The summed E-state index contributed by atoms with van der Waals surface area (Å²) in [4.78, 5) is 22.9. The molecule has 3 N–H and O–H groups in total. The van der Waals surface area contributed by atoms with Gasteiger partial charge in [-0.3, -0.25) is 9.78 Å². The number of amides is 1. The summed E-state index contributed by atoms with van der Waals surface area (Å²) < 4.78 is 0. The summed E-state index contributed by atoms with van der Waals surface area (Å²) in [5.41, 5.74) is 7.34. The molecule has 0 atom stereocenters. The molecule has 7 heteroatoms. The second-order valence-electron chi connectivity index (χ2n) is 4.37. The van der Waals surface area contributed by atoms with E-state index in [0.717, 1.165) is 17.4 Å². The number of carbonyl (C=O) groups excluding carboxylic acids is 1. The van der Waals surface area contributed by atoms with E-state index in [0.29, 0.717) is 10.6 Å². The quantitative estimate of drug-likeness (QED) is 0.901. The lowest BCUT2D eigenvalue weighted by Gasteiger charge is -2.10. The number of hydrogen-bond donors (Lipinski definition) is 2. The number of nitrogens with zero attached hydrogens (tertiary/aromatic N) is 3. The van der Waals surface area contributed by atoms with Gasteiger partial charge < -0.3 is 16.0 Å². The van der Waals surface area contributed by atoms with E-state index < -0.39 is 0 Å². The Kier molecular flexibility index (Phi) is 4.19. The summed E-state index contributed by atoms with van der Waals surface area (Å²) in [6.07, 6.45) is 1.61. The molecule has 0 aromatic carbocycles. The summed E-state index contributed by atoms with van der Waals surface area (Å²) in [5, 5.41) is 3.50. The van der Waals surface area contributed by atoms with Crippen molar-refractivity contribution in [2.45, 2.75) is 13.8 Å². The average Bonchev–Trinajstić information content (AvgIpc) is 2.82. The van der Waals surface area contributed by atoms with E-state index in [4.69, 9.17) is 5.73 Å². The van der Waals surface area contributed by atoms with Crippen LogP contribution in [0.5, 0.6) is 0 Å². The summed E-state index contributed by atoms with van der Waals surface area (Å²) in [7, 11) is 1.91. The zero-order valence-electron chi connectivity index (χ0n) is 11.7. The Hall–Kier alpha value is -2.15. The molecule has 0 aliphatic heterocycles. The molecule has 0 fully saturated rings. The third kappa shape index (κ3) is 3.05. The van der Waals surface area contributed by atoms with Gasteiger partial charge in [-0.05, 0) is 26.0 Å². The van der Waals surface area contributed by atoms with Crippen LogP contribution in [0.3, 0.4) is 0 Å². The normalized spacial score (nSPS) is 10.3. The minimum atomic E-state index is -0.263. The summed E-state index contributed by atoms with van der Waals surface area (Å²) >= 11 is 1.28. The van der Waals surface area contributed by atoms with Crippen LogP contribution in [-0.4, -0.2) is 29.5 Å². The predicted molar refractivity (Wildman–Crippen MR) is 82.4 cm³/mol. The smallest absolute Gasteiger partial charge is 0.269 e. The van der Waals surface area contributed by atoms with Crippen LogP contribution in [0, 0.1) is 6.92 Å². The van der Waals surface area contributed by atoms with Gasteiger partial charge in [0.25, 0.3) is 5.91 Å². The first-order chi connectivity index (χ1) is 9.51. The number of hydrogen-bond acceptors (Lipinski definition) is 6. The van der Waals surface area contributed by atoms with Gasteiger partial charge in [0.2, 0.25) is 0 Å². The molecule has 2 aromatic heterocycles. The zero-order chi connectivity index (χ0) is 14.7. The van der Waals surface area contributed by atoms with Crippen molar-refractivity contribution < 1.29 is 4.79 Å². The van der Waals surface area contributed by atoms with Gasteiger partial charge in [0, 0.05) is 19.3 Å². The Morgan fingerprint density at radius 3 is 2.85 bits per heavy atom. The standard InChI is InChI=1S/C13H17N5OS/c1-4-18(3)13-17-11(14)10(20-13)12(19)16-9-6-5-8(2)15-7-9/h5-7H,4,14H2,1-3H3,(H,16,19). The third-order valence-electron chi connectivity index (χ3n) is 2.82. The van der Waals surface area contributed by atoms with Gasteiger partial charge in [-0.2, -0.15) is 0 Å². The predicted octanol–water partition coefficient (Wildman–Crippen LogP) is 2.14. The molecule has 106 valence electrons. The zero-order valence-corrected chi connectivity index (χ0v) is 12.5. The minimum Gasteiger partial charge on any atom is -0.382 e. The van der Waals surface area contributed by atoms with E-state index in [1.165, 1.54) is 11.3 Å².